The predicted molar refractivity (Wildman–Crippen MR) is 126 cm³/mol. The molecule has 4 atom stereocenters. The largest absolute Gasteiger partial charge is 0.483 e. The summed E-state index contributed by atoms with van der Waals surface area (Å²) in [4.78, 5) is 30.0. The number of likely N-dealkylation sites (tertiary alicyclic amines) is 2. The van der Waals surface area contributed by atoms with E-state index in [1.54, 1.807) is 6.07 Å². The minimum absolute atomic E-state index is 0.0554. The van der Waals surface area contributed by atoms with Crippen molar-refractivity contribution in [3.8, 4) is 5.75 Å². The van der Waals surface area contributed by atoms with E-state index in [0.717, 1.165) is 43.0 Å². The first-order valence-corrected chi connectivity index (χ1v) is 12.1. The van der Waals surface area contributed by atoms with Gasteiger partial charge in [0.05, 0.1) is 0 Å². The van der Waals surface area contributed by atoms with Crippen LogP contribution < -0.4 is 4.74 Å². The molecule has 2 aromatic carbocycles. The summed E-state index contributed by atoms with van der Waals surface area (Å²) in [6.07, 6.45) is 0. The van der Waals surface area contributed by atoms with Crippen LogP contribution >= 0.6 is 0 Å². The fourth-order valence-corrected chi connectivity index (χ4v) is 6.22. The summed E-state index contributed by atoms with van der Waals surface area (Å²) >= 11 is 0. The van der Waals surface area contributed by atoms with Crippen molar-refractivity contribution < 1.29 is 14.3 Å². The van der Waals surface area contributed by atoms with Crippen LogP contribution in [0.3, 0.4) is 0 Å². The zero-order chi connectivity index (χ0) is 23.4. The molecule has 6 rings (SSSR count). The van der Waals surface area contributed by atoms with Crippen molar-refractivity contribution in [3.05, 3.63) is 53.6 Å². The van der Waals surface area contributed by atoms with Gasteiger partial charge in [0.15, 0.2) is 6.61 Å². The van der Waals surface area contributed by atoms with Gasteiger partial charge in [-0.05, 0) is 59.4 Å². The molecule has 0 radical (unpaired) electrons. The molecular formula is C26H29N5O3. The summed E-state index contributed by atoms with van der Waals surface area (Å²) in [5.74, 6) is 3.16. The Labute approximate surface area is 198 Å². The van der Waals surface area contributed by atoms with E-state index >= 15 is 0 Å². The van der Waals surface area contributed by atoms with Crippen LogP contribution in [0.25, 0.3) is 11.0 Å². The van der Waals surface area contributed by atoms with E-state index in [2.05, 4.69) is 35.3 Å². The lowest BCUT2D eigenvalue weighted by molar-refractivity contribution is -0.132. The Kier molecular flexibility index (Phi) is 5.04. The van der Waals surface area contributed by atoms with Crippen LogP contribution in [-0.4, -0.2) is 69.8 Å². The number of benzene rings is 2. The summed E-state index contributed by atoms with van der Waals surface area (Å²) in [5, 5.41) is 10.7. The zero-order valence-corrected chi connectivity index (χ0v) is 19.5. The lowest BCUT2D eigenvalue weighted by atomic mass is 9.60. The number of hydrogen-bond donors (Lipinski definition) is 1. The number of H-pyrrole nitrogens is 1. The third-order valence-corrected chi connectivity index (χ3v) is 8.02. The number of hydrogen-bond acceptors (Lipinski definition) is 5. The normalized spacial score (nSPS) is 25.4. The average molecular weight is 460 g/mol. The fraction of sp³-hybridized carbons (Fsp3) is 0.462. The second-order valence-corrected chi connectivity index (χ2v) is 10.2. The van der Waals surface area contributed by atoms with Crippen LogP contribution in [0.5, 0.6) is 5.75 Å². The van der Waals surface area contributed by atoms with E-state index in [9.17, 15) is 9.59 Å². The molecule has 2 aliphatic heterocycles. The number of aromatic amines is 1. The highest BCUT2D eigenvalue weighted by Crippen LogP contribution is 2.54. The Hall–Kier alpha value is -3.42. The molecule has 2 amide bonds. The highest BCUT2D eigenvalue weighted by molar-refractivity contribution is 5.97. The SMILES string of the molecule is CC(C)c1ccccc1OCC(=O)N1C[C@@H]2[C@H](C1)[C@H]1CN(C(=O)c3ccc4n[nH]nc4c3)C[C@@H]21. The van der Waals surface area contributed by atoms with Crippen LogP contribution in [0.4, 0.5) is 0 Å². The van der Waals surface area contributed by atoms with Gasteiger partial charge in [-0.25, -0.2) is 0 Å². The van der Waals surface area contributed by atoms with Crippen molar-refractivity contribution in [2.24, 2.45) is 23.7 Å². The Balaban J connectivity index is 1.05. The van der Waals surface area contributed by atoms with Crippen molar-refractivity contribution in [1.82, 2.24) is 25.2 Å². The van der Waals surface area contributed by atoms with Gasteiger partial charge in [-0.15, -0.1) is 0 Å². The summed E-state index contributed by atoms with van der Waals surface area (Å²) in [6.45, 7) is 7.40. The first-order chi connectivity index (χ1) is 16.5. The van der Waals surface area contributed by atoms with E-state index in [4.69, 9.17) is 4.74 Å². The van der Waals surface area contributed by atoms with E-state index in [-0.39, 0.29) is 18.4 Å². The number of para-hydroxylation sites is 1. The van der Waals surface area contributed by atoms with Gasteiger partial charge in [0, 0.05) is 31.7 Å². The van der Waals surface area contributed by atoms with Crippen molar-refractivity contribution in [3.63, 3.8) is 0 Å². The number of nitrogens with one attached hydrogen (secondary N) is 1. The van der Waals surface area contributed by atoms with Gasteiger partial charge < -0.3 is 14.5 Å². The molecule has 8 heteroatoms. The van der Waals surface area contributed by atoms with Crippen LogP contribution in [0.2, 0.25) is 0 Å². The number of carbonyl (C=O) groups is 2. The smallest absolute Gasteiger partial charge is 0.260 e. The fourth-order valence-electron chi connectivity index (χ4n) is 6.22. The van der Waals surface area contributed by atoms with Crippen molar-refractivity contribution >= 4 is 22.8 Å². The minimum atomic E-state index is 0.0554. The van der Waals surface area contributed by atoms with Crippen molar-refractivity contribution in [1.29, 1.82) is 0 Å². The van der Waals surface area contributed by atoms with Crippen molar-refractivity contribution in [2.45, 2.75) is 19.8 Å². The maximum absolute atomic E-state index is 13.1. The number of carbonyl (C=O) groups excluding carboxylic acids is 2. The number of aromatic nitrogens is 3. The molecule has 8 nitrogen and oxygen atoms in total. The van der Waals surface area contributed by atoms with Gasteiger partial charge in [0.25, 0.3) is 11.8 Å². The molecule has 0 unspecified atom stereocenters. The quantitative estimate of drug-likeness (QED) is 0.634. The lowest BCUT2D eigenvalue weighted by Gasteiger charge is -2.42. The average Bonchev–Trinajstić information content (AvgIpc) is 3.56. The first-order valence-electron chi connectivity index (χ1n) is 12.1. The second kappa shape index (κ2) is 8.11. The van der Waals surface area contributed by atoms with Gasteiger partial charge in [-0.3, -0.25) is 9.59 Å². The maximum atomic E-state index is 13.1. The lowest BCUT2D eigenvalue weighted by Crippen LogP contribution is -2.44. The Morgan fingerprint density at radius 3 is 2.29 bits per heavy atom. The third-order valence-electron chi connectivity index (χ3n) is 8.02. The highest BCUT2D eigenvalue weighted by atomic mass is 16.5. The predicted octanol–water partition coefficient (Wildman–Crippen LogP) is 2.94. The molecule has 0 bridgehead atoms. The number of nitrogens with zero attached hydrogens (tertiary/aromatic N) is 4. The molecule has 1 saturated carbocycles. The molecule has 1 aromatic heterocycles. The van der Waals surface area contributed by atoms with Crippen LogP contribution in [-0.2, 0) is 4.79 Å². The van der Waals surface area contributed by atoms with Gasteiger partial charge >= 0.3 is 0 Å². The molecule has 3 aliphatic rings. The van der Waals surface area contributed by atoms with Gasteiger partial charge in [0.2, 0.25) is 0 Å². The van der Waals surface area contributed by atoms with Crippen molar-refractivity contribution in [2.75, 3.05) is 32.8 Å². The monoisotopic (exact) mass is 459 g/mol. The molecule has 3 fully saturated rings. The van der Waals surface area contributed by atoms with E-state index in [1.807, 2.05) is 40.1 Å². The molecule has 2 saturated heterocycles. The minimum Gasteiger partial charge on any atom is -0.483 e. The molecule has 3 heterocycles. The van der Waals surface area contributed by atoms with E-state index < -0.39 is 0 Å². The van der Waals surface area contributed by atoms with Crippen LogP contribution in [0.1, 0.15) is 35.7 Å². The Morgan fingerprint density at radius 2 is 1.59 bits per heavy atom. The third kappa shape index (κ3) is 3.43. The van der Waals surface area contributed by atoms with Crippen LogP contribution in [0, 0.1) is 23.7 Å². The molecule has 1 aliphatic carbocycles. The Morgan fingerprint density at radius 1 is 0.941 bits per heavy atom. The number of amides is 2. The molecule has 34 heavy (non-hydrogen) atoms. The molecule has 0 spiro atoms. The Bertz CT molecular complexity index is 1230. The van der Waals surface area contributed by atoms with E-state index in [1.165, 1.54) is 0 Å². The van der Waals surface area contributed by atoms with Gasteiger partial charge in [-0.2, -0.15) is 15.4 Å². The molecule has 176 valence electrons. The number of ether oxygens (including phenoxy) is 1. The number of rotatable bonds is 5. The molecule has 1 N–H and O–H groups in total. The molecule has 3 aromatic rings. The van der Waals surface area contributed by atoms with Crippen LogP contribution in [0.15, 0.2) is 42.5 Å². The summed E-state index contributed by atoms with van der Waals surface area (Å²) in [6, 6.07) is 13.4. The molecular weight excluding hydrogens is 430 g/mol. The summed E-state index contributed by atoms with van der Waals surface area (Å²) in [5.41, 5.74) is 3.24. The summed E-state index contributed by atoms with van der Waals surface area (Å²) in [7, 11) is 0. The zero-order valence-electron chi connectivity index (χ0n) is 19.5. The summed E-state index contributed by atoms with van der Waals surface area (Å²) < 4.78 is 5.92. The maximum Gasteiger partial charge on any atom is 0.260 e. The van der Waals surface area contributed by atoms with Gasteiger partial charge in [0.1, 0.15) is 16.8 Å². The number of fused-ring (bicyclic) bond motifs is 5. The van der Waals surface area contributed by atoms with E-state index in [0.29, 0.717) is 40.7 Å². The highest BCUT2D eigenvalue weighted by Gasteiger charge is 2.59. The van der Waals surface area contributed by atoms with Gasteiger partial charge in [-0.1, -0.05) is 32.0 Å². The standard InChI is InChI=1S/C26H29N5O3/c1-15(2)17-5-3-4-6-24(17)34-14-25(32)30-10-18-19(11-30)21-13-31(12-20(18)21)26(33)16-7-8-22-23(9-16)28-29-27-22/h3-9,15,18-21H,10-14H2,1-2H3,(H,27,28,29)/t18-,19+,20+,21-. The second-order valence-electron chi connectivity index (χ2n) is 10.2. The first kappa shape index (κ1) is 21.1. The topological polar surface area (TPSA) is 91.4 Å².